The van der Waals surface area contributed by atoms with Crippen LogP contribution in [-0.4, -0.2) is 37.0 Å². The van der Waals surface area contributed by atoms with E-state index in [-0.39, 0.29) is 10.1 Å². The van der Waals surface area contributed by atoms with Gasteiger partial charge >= 0.3 is 5.97 Å². The number of carbonyl (C=O) groups is 2. The van der Waals surface area contributed by atoms with Crippen LogP contribution in [0.2, 0.25) is 0 Å². The molecule has 7 nitrogen and oxygen atoms in total. The van der Waals surface area contributed by atoms with Gasteiger partial charge in [0.15, 0.2) is 5.17 Å². The monoisotopic (exact) mass is 409 g/mol. The molecule has 1 fully saturated rings. The van der Waals surface area contributed by atoms with Gasteiger partial charge in [-0.3, -0.25) is 10.1 Å². The quantitative estimate of drug-likeness (QED) is 0.329. The average Bonchev–Trinajstić information content (AvgIpc) is 3.08. The highest BCUT2D eigenvalue weighted by Gasteiger charge is 2.24. The number of benzene rings is 2. The average molecular weight is 409 g/mol. The summed E-state index contributed by atoms with van der Waals surface area (Å²) in [5, 5.41) is 10.8. The molecule has 0 atom stereocenters. The predicted molar refractivity (Wildman–Crippen MR) is 113 cm³/mol. The lowest BCUT2D eigenvalue weighted by Gasteiger charge is -2.06. The summed E-state index contributed by atoms with van der Waals surface area (Å²) in [6.07, 6.45) is 3.50. The molecule has 1 amide bonds. The first-order valence-electron chi connectivity index (χ1n) is 8.81. The van der Waals surface area contributed by atoms with Gasteiger partial charge < -0.3 is 9.47 Å². The van der Waals surface area contributed by atoms with E-state index in [2.05, 4.69) is 32.4 Å². The molecule has 0 saturated carbocycles. The summed E-state index contributed by atoms with van der Waals surface area (Å²) in [5.41, 5.74) is 2.03. The molecule has 148 valence electrons. The van der Waals surface area contributed by atoms with E-state index in [0.717, 1.165) is 35.6 Å². The Morgan fingerprint density at radius 1 is 1.17 bits per heavy atom. The number of nitrogens with zero attached hydrogens (tertiary/aromatic N) is 2. The Kier molecular flexibility index (Phi) is 7.18. The molecule has 0 bridgehead atoms. The van der Waals surface area contributed by atoms with E-state index in [4.69, 9.17) is 4.74 Å². The largest absolute Gasteiger partial charge is 0.493 e. The van der Waals surface area contributed by atoms with Crippen LogP contribution in [0.4, 0.5) is 0 Å². The second-order valence-corrected chi connectivity index (χ2v) is 6.92. The highest BCUT2D eigenvalue weighted by molar-refractivity contribution is 8.18. The van der Waals surface area contributed by atoms with Crippen LogP contribution in [-0.2, 0) is 20.7 Å². The number of rotatable bonds is 7. The highest BCUT2D eigenvalue weighted by Crippen LogP contribution is 2.23. The van der Waals surface area contributed by atoms with Crippen LogP contribution in [0.1, 0.15) is 11.1 Å². The number of amides is 1. The first kappa shape index (κ1) is 20.3. The maximum Gasteiger partial charge on any atom is 0.331 e. The molecule has 1 aliphatic heterocycles. The molecule has 0 aliphatic carbocycles. The van der Waals surface area contributed by atoms with Crippen LogP contribution < -0.4 is 10.1 Å². The first-order chi connectivity index (χ1) is 14.1. The van der Waals surface area contributed by atoms with Crippen LogP contribution in [0.3, 0.4) is 0 Å². The Bertz CT molecular complexity index is 971. The zero-order valence-corrected chi connectivity index (χ0v) is 16.5. The van der Waals surface area contributed by atoms with Crippen LogP contribution in [0.5, 0.6) is 5.75 Å². The Labute approximate surface area is 172 Å². The third kappa shape index (κ3) is 6.32. The van der Waals surface area contributed by atoms with Gasteiger partial charge in [0.05, 0.1) is 24.8 Å². The Morgan fingerprint density at radius 3 is 2.79 bits per heavy atom. The van der Waals surface area contributed by atoms with Crippen LogP contribution in [0, 0.1) is 0 Å². The number of ether oxygens (including phenoxy) is 2. The zero-order chi connectivity index (χ0) is 20.5. The summed E-state index contributed by atoms with van der Waals surface area (Å²) in [6, 6.07) is 17.6. The van der Waals surface area contributed by atoms with Crippen LogP contribution in [0.15, 0.2) is 75.8 Å². The normalized spacial score (nSPS) is 16.4. The van der Waals surface area contributed by atoms with Crippen LogP contribution in [0.25, 0.3) is 0 Å². The second-order valence-electron chi connectivity index (χ2n) is 5.89. The Morgan fingerprint density at radius 2 is 2.00 bits per heavy atom. The molecule has 0 radical (unpaired) electrons. The molecule has 0 aromatic heterocycles. The summed E-state index contributed by atoms with van der Waals surface area (Å²) in [4.78, 5) is 23.2. The number of esters is 1. The van der Waals surface area contributed by atoms with Crippen LogP contribution >= 0.6 is 11.8 Å². The van der Waals surface area contributed by atoms with Crippen molar-refractivity contribution < 1.29 is 19.1 Å². The smallest absolute Gasteiger partial charge is 0.331 e. The van der Waals surface area contributed by atoms with Gasteiger partial charge in [-0.25, -0.2) is 4.79 Å². The van der Waals surface area contributed by atoms with Crippen molar-refractivity contribution in [3.05, 3.63) is 76.7 Å². The molecule has 0 unspecified atom stereocenters. The fourth-order valence-electron chi connectivity index (χ4n) is 2.41. The van der Waals surface area contributed by atoms with Gasteiger partial charge in [-0.1, -0.05) is 42.5 Å². The van der Waals surface area contributed by atoms with Crippen molar-refractivity contribution in [2.24, 2.45) is 10.2 Å². The number of amidine groups is 1. The molecule has 0 spiro atoms. The van der Waals surface area contributed by atoms with E-state index in [0.29, 0.717) is 6.61 Å². The van der Waals surface area contributed by atoms with Gasteiger partial charge in [0.25, 0.3) is 5.91 Å². The first-order valence-corrected chi connectivity index (χ1v) is 9.62. The topological polar surface area (TPSA) is 89.3 Å². The number of carbonyl (C=O) groups excluding carboxylic acids is 2. The molecule has 1 heterocycles. The minimum Gasteiger partial charge on any atom is -0.493 e. The van der Waals surface area contributed by atoms with Crippen molar-refractivity contribution in [2.75, 3.05) is 13.7 Å². The fraction of sp³-hybridized carbons (Fsp3) is 0.143. The van der Waals surface area contributed by atoms with Gasteiger partial charge in [-0.05, 0) is 35.0 Å². The number of methoxy groups -OCH3 is 1. The molecular formula is C21H19N3O4S. The summed E-state index contributed by atoms with van der Waals surface area (Å²) < 4.78 is 10.3. The Hall–Kier alpha value is -3.39. The number of hydrogen-bond acceptors (Lipinski definition) is 7. The molecule has 2 aromatic rings. The van der Waals surface area contributed by atoms with Crippen molar-refractivity contribution in [2.45, 2.75) is 6.42 Å². The molecule has 8 heteroatoms. The lowest BCUT2D eigenvalue weighted by atomic mass is 10.2. The van der Waals surface area contributed by atoms with E-state index in [1.807, 2.05) is 42.5 Å². The molecule has 1 saturated heterocycles. The van der Waals surface area contributed by atoms with Crippen molar-refractivity contribution >= 4 is 35.0 Å². The van der Waals surface area contributed by atoms with Crippen molar-refractivity contribution in [3.63, 3.8) is 0 Å². The number of hydrogen-bond donors (Lipinski definition) is 1. The molecule has 3 rings (SSSR count). The lowest BCUT2D eigenvalue weighted by Crippen LogP contribution is -2.19. The maximum absolute atomic E-state index is 11.8. The summed E-state index contributed by atoms with van der Waals surface area (Å²) in [6.45, 7) is 0.574. The maximum atomic E-state index is 11.8. The van der Waals surface area contributed by atoms with Gasteiger partial charge in [0, 0.05) is 12.5 Å². The highest BCUT2D eigenvalue weighted by atomic mass is 32.2. The van der Waals surface area contributed by atoms with Gasteiger partial charge in [0.1, 0.15) is 5.75 Å². The summed E-state index contributed by atoms with van der Waals surface area (Å²) in [7, 11) is 1.25. The van der Waals surface area contributed by atoms with Gasteiger partial charge in [-0.2, -0.15) is 5.10 Å². The number of thioether (sulfide) groups is 1. The predicted octanol–water partition coefficient (Wildman–Crippen LogP) is 2.92. The number of nitrogens with one attached hydrogen (secondary N) is 1. The molecule has 2 aromatic carbocycles. The van der Waals surface area contributed by atoms with Crippen molar-refractivity contribution in [1.82, 2.24) is 5.32 Å². The SMILES string of the molecule is COC(=O)/C=C1/S/C(=N\N=Cc2cccc(OCCc3ccccc3)c2)NC1=O. The molecule has 1 N–H and O–H groups in total. The van der Waals surface area contributed by atoms with Crippen molar-refractivity contribution in [1.29, 1.82) is 0 Å². The standard InChI is InChI=1S/C21H19N3O4S/c1-27-19(25)13-18-20(26)23-21(29-18)24-22-14-16-8-5-9-17(12-16)28-11-10-15-6-3-2-4-7-15/h2-9,12-14H,10-11H2,1H3,(H,23,24,26)/b18-13+,22-14?. The van der Waals surface area contributed by atoms with Gasteiger partial charge in [0.2, 0.25) is 0 Å². The van der Waals surface area contributed by atoms with E-state index in [1.165, 1.54) is 12.7 Å². The second kappa shape index (κ2) is 10.2. The Balaban J connectivity index is 1.55. The summed E-state index contributed by atoms with van der Waals surface area (Å²) >= 11 is 1.02. The molecule has 29 heavy (non-hydrogen) atoms. The fourth-order valence-corrected chi connectivity index (χ4v) is 3.14. The lowest BCUT2D eigenvalue weighted by molar-refractivity contribution is -0.135. The van der Waals surface area contributed by atoms with E-state index in [1.54, 1.807) is 6.21 Å². The van der Waals surface area contributed by atoms with Crippen molar-refractivity contribution in [3.8, 4) is 5.75 Å². The van der Waals surface area contributed by atoms with E-state index < -0.39 is 11.9 Å². The third-order valence-electron chi connectivity index (χ3n) is 3.82. The van der Waals surface area contributed by atoms with E-state index in [9.17, 15) is 9.59 Å². The third-order valence-corrected chi connectivity index (χ3v) is 4.72. The van der Waals surface area contributed by atoms with E-state index >= 15 is 0 Å². The summed E-state index contributed by atoms with van der Waals surface area (Å²) in [5.74, 6) is -0.274. The zero-order valence-electron chi connectivity index (χ0n) is 15.7. The van der Waals surface area contributed by atoms with Gasteiger partial charge in [-0.15, -0.1) is 5.10 Å². The minimum absolute atomic E-state index is 0.208. The molecule has 1 aliphatic rings. The molecular weight excluding hydrogens is 390 g/mol. The minimum atomic E-state index is -0.600.